The number of rotatable bonds is 2. The second kappa shape index (κ2) is 6.14. The van der Waals surface area contributed by atoms with E-state index in [-0.39, 0.29) is 0 Å². The monoisotopic (exact) mass is 304 g/mol. The average Bonchev–Trinajstić information content (AvgIpc) is 2.37. The molecule has 1 aromatic carbocycles. The summed E-state index contributed by atoms with van der Waals surface area (Å²) in [7, 11) is 0. The third-order valence-electron chi connectivity index (χ3n) is 3.26. The Hall–Kier alpha value is -0.440. The lowest BCUT2D eigenvalue weighted by Crippen LogP contribution is -2.25. The van der Waals surface area contributed by atoms with Gasteiger partial charge in [0, 0.05) is 5.92 Å². The van der Waals surface area contributed by atoms with E-state index in [0.717, 1.165) is 12.8 Å². The first-order valence-electron chi connectivity index (χ1n) is 6.06. The van der Waals surface area contributed by atoms with E-state index in [1.807, 2.05) is 0 Å². The molecule has 18 heavy (non-hydrogen) atoms. The van der Waals surface area contributed by atoms with Gasteiger partial charge in [0.15, 0.2) is 0 Å². The standard InChI is InChI=1S/C13H15Cl3N2/c14-9-6-11(16)12(7-10(9)15)18-13(17)8-4-2-1-3-5-8/h6-8H,1-5H2,(H2,17,18). The third-order valence-corrected chi connectivity index (χ3v) is 4.29. The molecule has 1 fully saturated rings. The molecule has 1 saturated carbocycles. The van der Waals surface area contributed by atoms with E-state index in [0.29, 0.717) is 32.5 Å². The zero-order chi connectivity index (χ0) is 13.1. The largest absolute Gasteiger partial charge is 0.387 e. The molecular formula is C13H15Cl3N2. The number of nitrogens with two attached hydrogens (primary N) is 1. The predicted molar refractivity (Wildman–Crippen MR) is 79.3 cm³/mol. The number of halogens is 3. The number of amidine groups is 1. The van der Waals surface area contributed by atoms with Crippen molar-refractivity contribution in [3.8, 4) is 0 Å². The van der Waals surface area contributed by atoms with Gasteiger partial charge in [0.05, 0.1) is 20.8 Å². The van der Waals surface area contributed by atoms with Crippen LogP contribution in [0, 0.1) is 5.92 Å². The molecule has 98 valence electrons. The Balaban J connectivity index is 2.23. The fourth-order valence-electron chi connectivity index (χ4n) is 2.23. The van der Waals surface area contributed by atoms with Crippen LogP contribution in [0.2, 0.25) is 15.1 Å². The lowest BCUT2D eigenvalue weighted by atomic mass is 9.88. The molecule has 0 spiro atoms. The Kier molecular flexibility index (Phi) is 4.77. The molecule has 2 N–H and O–H groups in total. The van der Waals surface area contributed by atoms with Gasteiger partial charge in [-0.15, -0.1) is 0 Å². The van der Waals surface area contributed by atoms with Crippen molar-refractivity contribution in [2.24, 2.45) is 16.6 Å². The van der Waals surface area contributed by atoms with Crippen LogP contribution in [-0.2, 0) is 0 Å². The van der Waals surface area contributed by atoms with Crippen LogP contribution in [0.15, 0.2) is 17.1 Å². The molecule has 2 rings (SSSR count). The maximum atomic E-state index is 6.08. The van der Waals surface area contributed by atoms with Crippen LogP contribution < -0.4 is 5.73 Å². The molecule has 0 aliphatic heterocycles. The summed E-state index contributed by atoms with van der Waals surface area (Å²) in [5, 5.41) is 1.34. The van der Waals surface area contributed by atoms with Crippen LogP contribution in [0.5, 0.6) is 0 Å². The molecule has 1 aromatic rings. The van der Waals surface area contributed by atoms with Gasteiger partial charge in [0.1, 0.15) is 5.84 Å². The minimum atomic E-state index is 0.365. The molecule has 5 heteroatoms. The van der Waals surface area contributed by atoms with Crippen molar-refractivity contribution in [2.45, 2.75) is 32.1 Å². The molecule has 1 aliphatic carbocycles. The Morgan fingerprint density at radius 2 is 1.61 bits per heavy atom. The van der Waals surface area contributed by atoms with E-state index in [4.69, 9.17) is 40.5 Å². The first-order valence-corrected chi connectivity index (χ1v) is 7.20. The van der Waals surface area contributed by atoms with Gasteiger partial charge >= 0.3 is 0 Å². The minimum absolute atomic E-state index is 0.365. The number of hydrogen-bond donors (Lipinski definition) is 1. The lowest BCUT2D eigenvalue weighted by molar-refractivity contribution is 0.437. The molecule has 0 unspecified atom stereocenters. The molecule has 0 radical (unpaired) electrons. The van der Waals surface area contributed by atoms with Gasteiger partial charge in [-0.1, -0.05) is 54.1 Å². The van der Waals surface area contributed by atoms with Crippen molar-refractivity contribution in [1.29, 1.82) is 0 Å². The summed E-state index contributed by atoms with van der Waals surface area (Å²) in [6.45, 7) is 0. The number of aliphatic imine (C=N–C) groups is 1. The molecule has 0 saturated heterocycles. The van der Waals surface area contributed by atoms with Crippen molar-refractivity contribution >= 4 is 46.3 Å². The van der Waals surface area contributed by atoms with Crippen LogP contribution >= 0.6 is 34.8 Å². The topological polar surface area (TPSA) is 38.4 Å². The number of benzene rings is 1. The molecule has 0 aromatic heterocycles. The molecule has 0 heterocycles. The van der Waals surface area contributed by atoms with Crippen molar-refractivity contribution in [3.05, 3.63) is 27.2 Å². The third kappa shape index (κ3) is 3.31. The zero-order valence-corrected chi connectivity index (χ0v) is 12.2. The molecule has 0 bridgehead atoms. The van der Waals surface area contributed by atoms with Crippen LogP contribution in [-0.4, -0.2) is 5.84 Å². The first kappa shape index (κ1) is 14.0. The zero-order valence-electron chi connectivity index (χ0n) is 9.93. The van der Waals surface area contributed by atoms with Crippen molar-refractivity contribution in [2.75, 3.05) is 0 Å². The second-order valence-electron chi connectivity index (χ2n) is 4.59. The molecule has 2 nitrogen and oxygen atoms in total. The van der Waals surface area contributed by atoms with Crippen LogP contribution in [0.3, 0.4) is 0 Å². The molecule has 0 amide bonds. The maximum absolute atomic E-state index is 6.08. The van der Waals surface area contributed by atoms with Crippen molar-refractivity contribution in [3.63, 3.8) is 0 Å². The highest BCUT2D eigenvalue weighted by Gasteiger charge is 2.17. The SMILES string of the molecule is NC(=Nc1cc(Cl)c(Cl)cc1Cl)C1CCCCC1. The van der Waals surface area contributed by atoms with Gasteiger partial charge in [-0.3, -0.25) is 0 Å². The van der Waals surface area contributed by atoms with Gasteiger partial charge in [-0.2, -0.15) is 0 Å². The van der Waals surface area contributed by atoms with Crippen LogP contribution in [0.1, 0.15) is 32.1 Å². The van der Waals surface area contributed by atoms with E-state index < -0.39 is 0 Å². The summed E-state index contributed by atoms with van der Waals surface area (Å²) >= 11 is 17.9. The summed E-state index contributed by atoms with van der Waals surface area (Å²) in [5.41, 5.74) is 6.64. The second-order valence-corrected chi connectivity index (χ2v) is 5.81. The molecule has 0 atom stereocenters. The summed E-state index contributed by atoms with van der Waals surface area (Å²) < 4.78 is 0. The molecular weight excluding hydrogens is 291 g/mol. The highest BCUT2D eigenvalue weighted by atomic mass is 35.5. The fourth-order valence-corrected chi connectivity index (χ4v) is 2.81. The normalized spacial score (nSPS) is 18.1. The summed E-state index contributed by atoms with van der Waals surface area (Å²) in [6, 6.07) is 3.25. The maximum Gasteiger partial charge on any atom is 0.103 e. The number of hydrogen-bond acceptors (Lipinski definition) is 1. The van der Waals surface area contributed by atoms with Crippen LogP contribution in [0.25, 0.3) is 0 Å². The quantitative estimate of drug-likeness (QED) is 0.454. The smallest absolute Gasteiger partial charge is 0.103 e. The van der Waals surface area contributed by atoms with Crippen molar-refractivity contribution < 1.29 is 0 Å². The van der Waals surface area contributed by atoms with Gasteiger partial charge < -0.3 is 5.73 Å². The van der Waals surface area contributed by atoms with E-state index in [1.54, 1.807) is 12.1 Å². The number of nitrogens with zero attached hydrogens (tertiary/aromatic N) is 1. The Labute approximate surface area is 122 Å². The van der Waals surface area contributed by atoms with E-state index in [9.17, 15) is 0 Å². The minimum Gasteiger partial charge on any atom is -0.387 e. The van der Waals surface area contributed by atoms with Gasteiger partial charge in [0.2, 0.25) is 0 Å². The fraction of sp³-hybridized carbons (Fsp3) is 0.462. The average molecular weight is 306 g/mol. The Morgan fingerprint density at radius 3 is 2.28 bits per heavy atom. The van der Waals surface area contributed by atoms with Gasteiger partial charge in [-0.05, 0) is 25.0 Å². The van der Waals surface area contributed by atoms with E-state index >= 15 is 0 Å². The van der Waals surface area contributed by atoms with Crippen LogP contribution in [0.4, 0.5) is 5.69 Å². The van der Waals surface area contributed by atoms with Crippen molar-refractivity contribution in [1.82, 2.24) is 0 Å². The van der Waals surface area contributed by atoms with E-state index in [1.165, 1.54) is 19.3 Å². The highest BCUT2D eigenvalue weighted by molar-refractivity contribution is 6.44. The van der Waals surface area contributed by atoms with Gasteiger partial charge in [-0.25, -0.2) is 4.99 Å². The molecule has 1 aliphatic rings. The summed E-state index contributed by atoms with van der Waals surface area (Å²) in [4.78, 5) is 4.40. The highest BCUT2D eigenvalue weighted by Crippen LogP contribution is 2.35. The Bertz CT molecular complexity index is 466. The predicted octanol–water partition coefficient (Wildman–Crippen LogP) is 5.22. The lowest BCUT2D eigenvalue weighted by Gasteiger charge is -2.21. The van der Waals surface area contributed by atoms with Gasteiger partial charge in [0.25, 0.3) is 0 Å². The Morgan fingerprint density at radius 1 is 1.00 bits per heavy atom. The van der Waals surface area contributed by atoms with E-state index in [2.05, 4.69) is 4.99 Å². The first-order chi connectivity index (χ1) is 8.58. The summed E-state index contributed by atoms with van der Waals surface area (Å²) in [6.07, 6.45) is 5.94. The summed E-state index contributed by atoms with van der Waals surface area (Å²) in [5.74, 6) is 1.01.